The molecule has 0 spiro atoms. The van der Waals surface area contributed by atoms with Crippen LogP contribution in [0.3, 0.4) is 0 Å². The zero-order valence-corrected chi connectivity index (χ0v) is 29.9. The summed E-state index contributed by atoms with van der Waals surface area (Å²) in [5.41, 5.74) is 5.14. The Kier molecular flexibility index (Phi) is 9.49. The van der Waals surface area contributed by atoms with Crippen LogP contribution in [0.15, 0.2) is 83.7 Å². The average molecular weight is 645 g/mol. The lowest BCUT2D eigenvalue weighted by Gasteiger charge is -2.54. The summed E-state index contributed by atoms with van der Waals surface area (Å²) < 4.78 is 0. The third-order valence-electron chi connectivity index (χ3n) is 15.3. The molecular weight excluding hydrogens is 581 g/mol. The Hall–Kier alpha value is -2.06. The molecule has 258 valence electrons. The molecule has 0 aromatic carbocycles. The van der Waals surface area contributed by atoms with Crippen molar-refractivity contribution < 1.29 is 0 Å². The lowest BCUT2D eigenvalue weighted by atomic mass is 9.61. The van der Waals surface area contributed by atoms with Gasteiger partial charge in [0.2, 0.25) is 0 Å². The summed E-state index contributed by atoms with van der Waals surface area (Å²) in [4.78, 5) is 6.30. The average Bonchev–Trinajstić information content (AvgIpc) is 3.49. The van der Waals surface area contributed by atoms with Crippen LogP contribution >= 0.6 is 0 Å². The predicted octanol–water partition coefficient (Wildman–Crippen LogP) is 11.4. The van der Waals surface area contributed by atoms with Gasteiger partial charge in [-0.1, -0.05) is 84.7 Å². The summed E-state index contributed by atoms with van der Waals surface area (Å²) in [5.74, 6) is 5.10. The van der Waals surface area contributed by atoms with Gasteiger partial charge in [0.05, 0.1) is 0 Å². The fourth-order valence-corrected chi connectivity index (χ4v) is 13.1. The molecule has 1 saturated heterocycles. The summed E-state index contributed by atoms with van der Waals surface area (Å²) in [5, 5.41) is 0. The van der Waals surface area contributed by atoms with Crippen LogP contribution < -0.4 is 0 Å². The van der Waals surface area contributed by atoms with Gasteiger partial charge < -0.3 is 4.90 Å². The van der Waals surface area contributed by atoms with Crippen molar-refractivity contribution in [3.8, 4) is 0 Å². The Morgan fingerprint density at radius 1 is 0.583 bits per heavy atom. The molecule has 0 aromatic heterocycles. The Morgan fingerprint density at radius 2 is 1.48 bits per heavy atom. The van der Waals surface area contributed by atoms with Crippen molar-refractivity contribution in [1.82, 2.24) is 9.80 Å². The molecule has 0 bridgehead atoms. The number of hydrogen-bond acceptors (Lipinski definition) is 2. The molecule has 11 atom stereocenters. The Labute approximate surface area is 293 Å². The molecule has 2 saturated carbocycles. The third-order valence-corrected chi connectivity index (χ3v) is 15.3. The van der Waals surface area contributed by atoms with Crippen LogP contribution in [0.4, 0.5) is 0 Å². The Morgan fingerprint density at radius 3 is 2.25 bits per heavy atom. The minimum absolute atomic E-state index is 0.649. The maximum Gasteiger partial charge on any atom is 0.0330 e. The number of nitrogens with zero attached hydrogens (tertiary/aromatic N) is 2. The lowest BCUT2D eigenvalue weighted by molar-refractivity contribution is -0.0134. The first kappa shape index (κ1) is 31.9. The molecular formula is C46H64N2. The van der Waals surface area contributed by atoms with E-state index in [0.29, 0.717) is 12.0 Å². The fraction of sp³-hybridized carbons (Fsp3) is 0.696. The highest BCUT2D eigenvalue weighted by atomic mass is 15.3. The topological polar surface area (TPSA) is 6.48 Å². The van der Waals surface area contributed by atoms with Gasteiger partial charge in [-0.15, -0.1) is 0 Å². The number of hydrogen-bond donors (Lipinski definition) is 0. The van der Waals surface area contributed by atoms with Gasteiger partial charge in [-0.05, 0) is 158 Å². The quantitative estimate of drug-likeness (QED) is 0.266. The minimum Gasteiger partial charge on any atom is -0.365 e. The molecule has 0 N–H and O–H groups in total. The zero-order chi connectivity index (χ0) is 31.9. The highest BCUT2D eigenvalue weighted by Crippen LogP contribution is 2.56. The first-order valence-corrected chi connectivity index (χ1v) is 21.1. The number of allylic oxidation sites excluding steroid dienone is 10. The second kappa shape index (κ2) is 14.3. The summed E-state index contributed by atoms with van der Waals surface area (Å²) in [6.45, 7) is 0. The van der Waals surface area contributed by atoms with Crippen LogP contribution in [0.1, 0.15) is 135 Å². The van der Waals surface area contributed by atoms with Crippen LogP contribution in [0, 0.1) is 35.5 Å². The highest BCUT2D eigenvalue weighted by Gasteiger charge is 2.56. The van der Waals surface area contributed by atoms with Crippen molar-refractivity contribution in [2.45, 2.75) is 165 Å². The van der Waals surface area contributed by atoms with Crippen LogP contribution in [0.5, 0.6) is 0 Å². The summed E-state index contributed by atoms with van der Waals surface area (Å²) in [6.07, 6.45) is 56.8. The molecule has 48 heavy (non-hydrogen) atoms. The molecule has 9 rings (SSSR count). The molecule has 8 aliphatic carbocycles. The van der Waals surface area contributed by atoms with E-state index < -0.39 is 0 Å². The molecule has 6 unspecified atom stereocenters. The van der Waals surface area contributed by atoms with Crippen LogP contribution in [-0.2, 0) is 0 Å². The molecule has 1 aliphatic heterocycles. The summed E-state index contributed by atoms with van der Waals surface area (Å²) in [6, 6.07) is 3.80. The van der Waals surface area contributed by atoms with Crippen molar-refractivity contribution >= 4 is 0 Å². The number of likely N-dealkylation sites (tertiary alicyclic amines) is 1. The van der Waals surface area contributed by atoms with Gasteiger partial charge in [0, 0.05) is 41.8 Å². The monoisotopic (exact) mass is 645 g/mol. The molecule has 1 heterocycles. The number of fused-ring (bicyclic) bond motifs is 4. The second-order valence-electron chi connectivity index (χ2n) is 17.6. The van der Waals surface area contributed by atoms with Crippen LogP contribution in [0.25, 0.3) is 0 Å². The van der Waals surface area contributed by atoms with Gasteiger partial charge in [-0.3, -0.25) is 4.90 Å². The van der Waals surface area contributed by atoms with Crippen LogP contribution in [-0.4, -0.2) is 40.0 Å². The van der Waals surface area contributed by atoms with E-state index in [2.05, 4.69) is 76.6 Å². The Balaban J connectivity index is 1.01. The summed E-state index contributed by atoms with van der Waals surface area (Å²) >= 11 is 0. The second-order valence-corrected chi connectivity index (χ2v) is 17.6. The zero-order valence-electron chi connectivity index (χ0n) is 29.9. The van der Waals surface area contributed by atoms with Gasteiger partial charge in [0.1, 0.15) is 0 Å². The van der Waals surface area contributed by atoms with E-state index in [9.17, 15) is 0 Å². The molecule has 0 amide bonds. The smallest absolute Gasteiger partial charge is 0.0330 e. The number of rotatable bonds is 6. The van der Waals surface area contributed by atoms with E-state index >= 15 is 0 Å². The standard InChI is InChI=1S/C46H64N2/c1-4-13-33(14-5-1)35-23-27-39(28-24-35)47(40-29-25-36(26-30-40)34-15-6-2-7-16-34)45-22-12-17-37-31-43-41-20-10-11-21-44(41)48(46(43)32-42(37)45)38-18-8-3-9-19-38/h1,3-4,8,10-11,15,23,25,29-30,33,36-39,41-46H,2,5-7,9,12-14,16-22,24,26-28,31-32H2/t33?,36-,37?,38-,39?,41-,42?,43+,44?,45+,46?/m0/s1. The maximum atomic E-state index is 3.19. The predicted molar refractivity (Wildman–Crippen MR) is 201 cm³/mol. The Bertz CT molecular complexity index is 1370. The van der Waals surface area contributed by atoms with Gasteiger partial charge in [0.15, 0.2) is 0 Å². The van der Waals surface area contributed by atoms with Crippen molar-refractivity contribution in [2.24, 2.45) is 35.5 Å². The van der Waals surface area contributed by atoms with E-state index in [1.807, 2.05) is 0 Å². The van der Waals surface area contributed by atoms with Crippen LogP contribution in [0.2, 0.25) is 0 Å². The highest BCUT2D eigenvalue weighted by molar-refractivity contribution is 5.31. The largest absolute Gasteiger partial charge is 0.365 e. The molecule has 0 aromatic rings. The molecule has 3 fully saturated rings. The molecule has 2 nitrogen and oxygen atoms in total. The van der Waals surface area contributed by atoms with Gasteiger partial charge >= 0.3 is 0 Å². The van der Waals surface area contributed by atoms with E-state index in [1.165, 1.54) is 135 Å². The minimum atomic E-state index is 0.649. The normalized spacial score (nSPS) is 42.7. The molecule has 9 aliphatic rings. The first-order valence-electron chi connectivity index (χ1n) is 21.1. The summed E-state index contributed by atoms with van der Waals surface area (Å²) in [7, 11) is 0. The van der Waals surface area contributed by atoms with E-state index in [1.54, 1.807) is 16.8 Å². The first-order chi connectivity index (χ1) is 23.8. The molecule has 0 radical (unpaired) electrons. The van der Waals surface area contributed by atoms with Crippen molar-refractivity contribution in [3.63, 3.8) is 0 Å². The van der Waals surface area contributed by atoms with Crippen molar-refractivity contribution in [2.75, 3.05) is 0 Å². The van der Waals surface area contributed by atoms with Gasteiger partial charge in [-0.25, -0.2) is 0 Å². The van der Waals surface area contributed by atoms with E-state index in [-0.39, 0.29) is 0 Å². The van der Waals surface area contributed by atoms with Gasteiger partial charge in [0.25, 0.3) is 0 Å². The van der Waals surface area contributed by atoms with Gasteiger partial charge in [-0.2, -0.15) is 0 Å². The van der Waals surface area contributed by atoms with E-state index in [4.69, 9.17) is 0 Å². The van der Waals surface area contributed by atoms with Crippen molar-refractivity contribution in [3.05, 3.63) is 83.7 Å². The maximum absolute atomic E-state index is 3.19. The SMILES string of the molecule is C1=CCC(C2=CCC(N(C3=CC[C@@H](C4=CCCCC4)C=C3)[C@@H]3CCCC4C[C@H]5C(CC43)N([C@H]3CC=CCC3)C3CC=CC[C@H]35)CC2)CC1. The van der Waals surface area contributed by atoms with Crippen molar-refractivity contribution in [1.29, 1.82) is 0 Å². The molecule has 2 heteroatoms. The van der Waals surface area contributed by atoms with E-state index in [0.717, 1.165) is 53.8 Å². The lowest BCUT2D eigenvalue weighted by Crippen LogP contribution is -2.55. The third kappa shape index (κ3) is 6.13. The fourth-order valence-electron chi connectivity index (χ4n) is 13.1.